The molecule has 1 heterocycles. The van der Waals surface area contributed by atoms with Crippen LogP contribution in [0.4, 0.5) is 0 Å². The summed E-state index contributed by atoms with van der Waals surface area (Å²) in [5, 5.41) is 13.2. The summed E-state index contributed by atoms with van der Waals surface area (Å²) in [6, 6.07) is 11.0. The van der Waals surface area contributed by atoms with Gasteiger partial charge in [0.1, 0.15) is 5.75 Å². The summed E-state index contributed by atoms with van der Waals surface area (Å²) in [6.07, 6.45) is 9.27. The van der Waals surface area contributed by atoms with Gasteiger partial charge < -0.3 is 10.4 Å². The van der Waals surface area contributed by atoms with Gasteiger partial charge in [0.25, 0.3) is 5.91 Å². The summed E-state index contributed by atoms with van der Waals surface area (Å²) in [7, 11) is 0. The number of aromatic nitrogens is 2. The van der Waals surface area contributed by atoms with Crippen molar-refractivity contribution < 1.29 is 9.90 Å². The van der Waals surface area contributed by atoms with Crippen LogP contribution >= 0.6 is 0 Å². The van der Waals surface area contributed by atoms with E-state index in [1.54, 1.807) is 36.8 Å². The van der Waals surface area contributed by atoms with E-state index in [1.807, 2.05) is 18.2 Å². The molecule has 5 heteroatoms. The van der Waals surface area contributed by atoms with Crippen molar-refractivity contribution >= 4 is 5.91 Å². The van der Waals surface area contributed by atoms with Gasteiger partial charge >= 0.3 is 0 Å². The molecular weight excluding hydrogens is 338 g/mol. The highest BCUT2D eigenvalue weighted by atomic mass is 16.3. The van der Waals surface area contributed by atoms with Gasteiger partial charge in [-0.1, -0.05) is 18.2 Å². The topological polar surface area (TPSA) is 75.1 Å². The highest BCUT2D eigenvalue weighted by Gasteiger charge is 2.17. The molecule has 1 amide bonds. The number of rotatable bonds is 4. The molecule has 5 nitrogen and oxygen atoms in total. The molecule has 3 aromatic rings. The summed E-state index contributed by atoms with van der Waals surface area (Å²) in [5.74, 6) is 0.0995. The average Bonchev–Trinajstić information content (AvgIpc) is 2.73. The van der Waals surface area contributed by atoms with Crippen LogP contribution in [0, 0.1) is 0 Å². The van der Waals surface area contributed by atoms with Crippen LogP contribution in [0.25, 0.3) is 11.3 Å². The number of amides is 1. The highest BCUT2D eigenvalue weighted by molar-refractivity contribution is 5.94. The number of hydrogen-bond acceptors (Lipinski definition) is 4. The van der Waals surface area contributed by atoms with E-state index in [1.165, 1.54) is 17.5 Å². The van der Waals surface area contributed by atoms with Gasteiger partial charge in [-0.15, -0.1) is 0 Å². The van der Waals surface area contributed by atoms with Crippen LogP contribution in [0.3, 0.4) is 0 Å². The monoisotopic (exact) mass is 359 g/mol. The van der Waals surface area contributed by atoms with Crippen molar-refractivity contribution in [3.8, 4) is 17.0 Å². The molecule has 0 aliphatic heterocycles. The number of phenols is 1. The average molecular weight is 359 g/mol. The molecule has 0 spiro atoms. The van der Waals surface area contributed by atoms with Crippen LogP contribution in [0.2, 0.25) is 0 Å². The standard InChI is InChI=1S/C22H21N3O2/c26-21-10-9-15-3-1-2-4-18(15)19(21)13-25-22(27)17-7-5-16(6-8-17)20-14-23-11-12-24-20/h5-12,14,26H,1-4,13H2,(H,25,27). The van der Waals surface area contributed by atoms with Gasteiger partial charge in [0.05, 0.1) is 11.9 Å². The van der Waals surface area contributed by atoms with Crippen molar-refractivity contribution in [3.63, 3.8) is 0 Å². The lowest BCUT2D eigenvalue weighted by Gasteiger charge is -2.20. The van der Waals surface area contributed by atoms with Crippen LogP contribution in [0.5, 0.6) is 5.75 Å². The van der Waals surface area contributed by atoms with Crippen LogP contribution in [-0.2, 0) is 19.4 Å². The third-order valence-electron chi connectivity index (χ3n) is 5.06. The minimum absolute atomic E-state index is 0.159. The van der Waals surface area contributed by atoms with Crippen LogP contribution in [-0.4, -0.2) is 21.0 Å². The quantitative estimate of drug-likeness (QED) is 0.745. The Labute approximate surface area is 158 Å². The van der Waals surface area contributed by atoms with Crippen molar-refractivity contribution in [3.05, 3.63) is 77.2 Å². The zero-order valence-electron chi connectivity index (χ0n) is 15.0. The predicted octanol–water partition coefficient (Wildman–Crippen LogP) is 3.66. The SMILES string of the molecule is O=C(NCc1c(O)ccc2c1CCCC2)c1ccc(-c2cnccn2)cc1. The van der Waals surface area contributed by atoms with E-state index in [0.29, 0.717) is 12.1 Å². The number of benzene rings is 2. The molecule has 1 aromatic heterocycles. The van der Waals surface area contributed by atoms with Gasteiger partial charge in [-0.25, -0.2) is 0 Å². The molecule has 0 unspecified atom stereocenters. The fraction of sp³-hybridized carbons (Fsp3) is 0.227. The Balaban J connectivity index is 1.47. The largest absolute Gasteiger partial charge is 0.508 e. The number of fused-ring (bicyclic) bond motifs is 1. The second kappa shape index (κ2) is 7.58. The molecule has 0 atom stereocenters. The van der Waals surface area contributed by atoms with Gasteiger partial charge in [-0.05, 0) is 55.0 Å². The molecule has 0 saturated heterocycles. The Morgan fingerprint density at radius 3 is 2.63 bits per heavy atom. The Bertz CT molecular complexity index is 953. The molecular formula is C22H21N3O2. The number of nitrogens with one attached hydrogen (secondary N) is 1. The number of carbonyl (C=O) groups is 1. The summed E-state index contributed by atoms with van der Waals surface area (Å²) >= 11 is 0. The Morgan fingerprint density at radius 2 is 1.85 bits per heavy atom. The fourth-order valence-electron chi connectivity index (χ4n) is 3.60. The Kier molecular flexibility index (Phi) is 4.83. The lowest BCUT2D eigenvalue weighted by atomic mass is 9.87. The number of aromatic hydroxyl groups is 1. The summed E-state index contributed by atoms with van der Waals surface area (Å²) < 4.78 is 0. The Morgan fingerprint density at radius 1 is 1.04 bits per heavy atom. The molecule has 4 rings (SSSR count). The minimum atomic E-state index is -0.159. The molecule has 0 saturated carbocycles. The zero-order chi connectivity index (χ0) is 18.6. The van der Waals surface area contributed by atoms with E-state index in [9.17, 15) is 9.90 Å². The molecule has 0 fully saturated rings. The number of aryl methyl sites for hydroxylation is 1. The zero-order valence-corrected chi connectivity index (χ0v) is 15.0. The summed E-state index contributed by atoms with van der Waals surface area (Å²) in [4.78, 5) is 20.8. The third-order valence-corrected chi connectivity index (χ3v) is 5.06. The van der Waals surface area contributed by atoms with Crippen LogP contribution in [0.1, 0.15) is 39.9 Å². The van der Waals surface area contributed by atoms with Crippen LogP contribution in [0.15, 0.2) is 55.0 Å². The van der Waals surface area contributed by atoms with E-state index in [2.05, 4.69) is 15.3 Å². The molecule has 0 bridgehead atoms. The molecule has 1 aliphatic carbocycles. The van der Waals surface area contributed by atoms with Crippen LogP contribution < -0.4 is 5.32 Å². The maximum absolute atomic E-state index is 12.5. The van der Waals surface area contributed by atoms with Gasteiger partial charge in [0.2, 0.25) is 0 Å². The van der Waals surface area contributed by atoms with E-state index < -0.39 is 0 Å². The van der Waals surface area contributed by atoms with E-state index in [-0.39, 0.29) is 11.7 Å². The molecule has 136 valence electrons. The first kappa shape index (κ1) is 17.2. The maximum atomic E-state index is 12.5. The molecule has 27 heavy (non-hydrogen) atoms. The first-order valence-electron chi connectivity index (χ1n) is 9.19. The molecule has 2 aromatic carbocycles. The molecule has 0 radical (unpaired) electrons. The maximum Gasteiger partial charge on any atom is 0.251 e. The third kappa shape index (κ3) is 3.67. The van der Waals surface area contributed by atoms with E-state index in [0.717, 1.165) is 36.1 Å². The molecule has 1 aliphatic rings. The summed E-state index contributed by atoms with van der Waals surface area (Å²) in [6.45, 7) is 0.333. The van der Waals surface area contributed by atoms with E-state index >= 15 is 0 Å². The van der Waals surface area contributed by atoms with E-state index in [4.69, 9.17) is 0 Å². The van der Waals surface area contributed by atoms with Crippen molar-refractivity contribution in [2.75, 3.05) is 0 Å². The van der Waals surface area contributed by atoms with Gasteiger partial charge in [0.15, 0.2) is 0 Å². The molecule has 2 N–H and O–H groups in total. The first-order chi connectivity index (χ1) is 13.2. The second-order valence-electron chi connectivity index (χ2n) is 6.76. The van der Waals surface area contributed by atoms with Gasteiger partial charge in [0, 0.05) is 35.6 Å². The predicted molar refractivity (Wildman–Crippen MR) is 103 cm³/mol. The number of phenolic OH excluding ortho intramolecular Hbond substituents is 1. The van der Waals surface area contributed by atoms with Crippen molar-refractivity contribution in [1.82, 2.24) is 15.3 Å². The Hall–Kier alpha value is -3.21. The minimum Gasteiger partial charge on any atom is -0.508 e. The lowest BCUT2D eigenvalue weighted by molar-refractivity contribution is 0.0950. The normalized spacial score (nSPS) is 13.0. The lowest BCUT2D eigenvalue weighted by Crippen LogP contribution is -2.24. The smallest absolute Gasteiger partial charge is 0.251 e. The number of carbonyl (C=O) groups excluding carboxylic acids is 1. The number of nitrogens with zero attached hydrogens (tertiary/aromatic N) is 2. The van der Waals surface area contributed by atoms with Crippen molar-refractivity contribution in [1.29, 1.82) is 0 Å². The van der Waals surface area contributed by atoms with Crippen molar-refractivity contribution in [2.45, 2.75) is 32.2 Å². The first-order valence-corrected chi connectivity index (χ1v) is 9.19. The van der Waals surface area contributed by atoms with Gasteiger partial charge in [-0.3, -0.25) is 14.8 Å². The van der Waals surface area contributed by atoms with Crippen molar-refractivity contribution in [2.24, 2.45) is 0 Å². The van der Waals surface area contributed by atoms with Gasteiger partial charge in [-0.2, -0.15) is 0 Å². The second-order valence-corrected chi connectivity index (χ2v) is 6.76. The summed E-state index contributed by atoms with van der Waals surface area (Å²) in [5.41, 5.74) is 5.58. The fourth-order valence-corrected chi connectivity index (χ4v) is 3.60. The number of hydrogen-bond donors (Lipinski definition) is 2. The highest BCUT2D eigenvalue weighted by Crippen LogP contribution is 2.30.